The number of hydrogen-bond acceptors (Lipinski definition) is 3. The van der Waals surface area contributed by atoms with E-state index < -0.39 is 0 Å². The van der Waals surface area contributed by atoms with Gasteiger partial charge in [0.2, 0.25) is 0 Å². The number of rotatable bonds is 3. The zero-order chi connectivity index (χ0) is 15.4. The SMILES string of the molecule is O=C(Nc1cccc(Cl)c1)c1cncnc1-c1ccccc1. The maximum absolute atomic E-state index is 12.5. The molecule has 1 amide bonds. The Morgan fingerprint density at radius 3 is 2.64 bits per heavy atom. The van der Waals surface area contributed by atoms with E-state index in [4.69, 9.17) is 11.6 Å². The van der Waals surface area contributed by atoms with Gasteiger partial charge in [0.15, 0.2) is 0 Å². The molecule has 0 bridgehead atoms. The number of carbonyl (C=O) groups is 1. The van der Waals surface area contributed by atoms with Gasteiger partial charge in [0.05, 0.1) is 11.3 Å². The molecule has 3 rings (SSSR count). The number of benzene rings is 2. The molecule has 0 aliphatic carbocycles. The Balaban J connectivity index is 1.93. The first-order valence-corrected chi connectivity index (χ1v) is 7.04. The van der Waals surface area contributed by atoms with Gasteiger partial charge < -0.3 is 5.32 Å². The van der Waals surface area contributed by atoms with Crippen LogP contribution in [0.25, 0.3) is 11.3 Å². The summed E-state index contributed by atoms with van der Waals surface area (Å²) in [4.78, 5) is 20.7. The highest BCUT2D eigenvalue weighted by atomic mass is 35.5. The molecule has 0 aliphatic rings. The second kappa shape index (κ2) is 6.37. The number of nitrogens with one attached hydrogen (secondary N) is 1. The first-order chi connectivity index (χ1) is 10.7. The maximum atomic E-state index is 12.5. The number of hydrogen-bond donors (Lipinski definition) is 1. The van der Waals surface area contributed by atoms with Crippen molar-refractivity contribution in [2.24, 2.45) is 0 Å². The third kappa shape index (κ3) is 3.13. The van der Waals surface area contributed by atoms with Crippen molar-refractivity contribution < 1.29 is 4.79 Å². The van der Waals surface area contributed by atoms with Crippen LogP contribution in [-0.2, 0) is 0 Å². The number of halogens is 1. The first kappa shape index (κ1) is 14.2. The molecule has 0 fully saturated rings. The van der Waals surface area contributed by atoms with Gasteiger partial charge in [0, 0.05) is 22.5 Å². The Kier molecular flexibility index (Phi) is 4.12. The Bertz CT molecular complexity index is 806. The van der Waals surface area contributed by atoms with E-state index in [1.165, 1.54) is 12.5 Å². The van der Waals surface area contributed by atoms with E-state index in [9.17, 15) is 4.79 Å². The van der Waals surface area contributed by atoms with Gasteiger partial charge in [-0.3, -0.25) is 4.79 Å². The van der Waals surface area contributed by atoms with Gasteiger partial charge in [0.1, 0.15) is 6.33 Å². The van der Waals surface area contributed by atoms with Crippen molar-refractivity contribution in [3.8, 4) is 11.3 Å². The minimum atomic E-state index is -0.276. The fraction of sp³-hybridized carbons (Fsp3) is 0. The smallest absolute Gasteiger partial charge is 0.259 e. The average Bonchev–Trinajstić information content (AvgIpc) is 2.56. The molecule has 0 aliphatic heterocycles. The molecule has 5 heteroatoms. The van der Waals surface area contributed by atoms with Crippen LogP contribution in [0, 0.1) is 0 Å². The molecule has 0 unspecified atom stereocenters. The van der Waals surface area contributed by atoms with Crippen LogP contribution < -0.4 is 5.32 Å². The van der Waals surface area contributed by atoms with Crippen molar-refractivity contribution in [2.45, 2.75) is 0 Å². The summed E-state index contributed by atoms with van der Waals surface area (Å²) >= 11 is 5.93. The molecule has 1 heterocycles. The summed E-state index contributed by atoms with van der Waals surface area (Å²) in [5, 5.41) is 3.37. The van der Waals surface area contributed by atoms with Crippen LogP contribution in [0.5, 0.6) is 0 Å². The lowest BCUT2D eigenvalue weighted by molar-refractivity contribution is 0.102. The van der Waals surface area contributed by atoms with Crippen LogP contribution in [-0.4, -0.2) is 15.9 Å². The minimum Gasteiger partial charge on any atom is -0.322 e. The molecule has 0 saturated carbocycles. The van der Waals surface area contributed by atoms with Crippen LogP contribution in [0.3, 0.4) is 0 Å². The lowest BCUT2D eigenvalue weighted by atomic mass is 10.1. The molecule has 0 atom stereocenters. The number of carbonyl (C=O) groups excluding carboxylic acids is 1. The summed E-state index contributed by atoms with van der Waals surface area (Å²) in [7, 11) is 0. The summed E-state index contributed by atoms with van der Waals surface area (Å²) < 4.78 is 0. The molecule has 2 aromatic carbocycles. The summed E-state index contributed by atoms with van der Waals surface area (Å²) in [6.45, 7) is 0. The lowest BCUT2D eigenvalue weighted by Gasteiger charge is -2.09. The van der Waals surface area contributed by atoms with E-state index in [0.29, 0.717) is 22.0 Å². The molecule has 4 nitrogen and oxygen atoms in total. The Hall–Kier alpha value is -2.72. The van der Waals surface area contributed by atoms with Crippen LogP contribution in [0.4, 0.5) is 5.69 Å². The lowest BCUT2D eigenvalue weighted by Crippen LogP contribution is -2.14. The quantitative estimate of drug-likeness (QED) is 0.794. The third-order valence-electron chi connectivity index (χ3n) is 3.09. The van der Waals surface area contributed by atoms with Crippen molar-refractivity contribution in [3.63, 3.8) is 0 Å². The highest BCUT2D eigenvalue weighted by Crippen LogP contribution is 2.22. The van der Waals surface area contributed by atoms with E-state index >= 15 is 0 Å². The van der Waals surface area contributed by atoms with Crippen molar-refractivity contribution in [1.29, 1.82) is 0 Å². The fourth-order valence-electron chi connectivity index (χ4n) is 2.09. The van der Waals surface area contributed by atoms with Gasteiger partial charge in [0.25, 0.3) is 5.91 Å². The molecular weight excluding hydrogens is 298 g/mol. The van der Waals surface area contributed by atoms with E-state index in [1.54, 1.807) is 24.3 Å². The Labute approximate surface area is 132 Å². The molecule has 3 aromatic rings. The predicted molar refractivity (Wildman–Crippen MR) is 86.9 cm³/mol. The summed E-state index contributed by atoms with van der Waals surface area (Å²) in [6, 6.07) is 16.5. The van der Waals surface area contributed by atoms with Gasteiger partial charge in [-0.2, -0.15) is 0 Å². The van der Waals surface area contributed by atoms with Gasteiger partial charge in [-0.1, -0.05) is 48.0 Å². The van der Waals surface area contributed by atoms with Gasteiger partial charge in [-0.15, -0.1) is 0 Å². The summed E-state index contributed by atoms with van der Waals surface area (Å²) in [5.74, 6) is -0.276. The molecular formula is C17H12ClN3O. The number of nitrogens with zero attached hydrogens (tertiary/aromatic N) is 2. The topological polar surface area (TPSA) is 54.9 Å². The molecule has 108 valence electrons. The third-order valence-corrected chi connectivity index (χ3v) is 3.32. The van der Waals surface area contributed by atoms with Gasteiger partial charge in [-0.25, -0.2) is 9.97 Å². The van der Waals surface area contributed by atoms with E-state index in [-0.39, 0.29) is 5.91 Å². The second-order valence-electron chi connectivity index (χ2n) is 4.62. The highest BCUT2D eigenvalue weighted by molar-refractivity contribution is 6.31. The highest BCUT2D eigenvalue weighted by Gasteiger charge is 2.14. The number of amides is 1. The standard InChI is InChI=1S/C17H12ClN3O/c18-13-7-4-8-14(9-13)21-17(22)15-10-19-11-20-16(15)12-5-2-1-3-6-12/h1-11H,(H,21,22). The Morgan fingerprint density at radius 1 is 1.05 bits per heavy atom. The largest absolute Gasteiger partial charge is 0.322 e. The van der Waals surface area contributed by atoms with Crippen LogP contribution in [0.1, 0.15) is 10.4 Å². The summed E-state index contributed by atoms with van der Waals surface area (Å²) in [5.41, 5.74) is 2.49. The van der Waals surface area contributed by atoms with Gasteiger partial charge in [-0.05, 0) is 18.2 Å². The minimum absolute atomic E-state index is 0.276. The zero-order valence-corrected chi connectivity index (χ0v) is 12.3. The fourth-order valence-corrected chi connectivity index (χ4v) is 2.28. The summed E-state index contributed by atoms with van der Waals surface area (Å²) in [6.07, 6.45) is 2.94. The average molecular weight is 310 g/mol. The zero-order valence-electron chi connectivity index (χ0n) is 11.5. The number of aromatic nitrogens is 2. The van der Waals surface area contributed by atoms with Gasteiger partial charge >= 0.3 is 0 Å². The van der Waals surface area contributed by atoms with Crippen molar-refractivity contribution in [2.75, 3.05) is 5.32 Å². The molecule has 1 aromatic heterocycles. The molecule has 0 saturated heterocycles. The normalized spacial score (nSPS) is 10.2. The predicted octanol–water partition coefficient (Wildman–Crippen LogP) is 4.05. The van der Waals surface area contributed by atoms with Crippen molar-refractivity contribution in [1.82, 2.24) is 9.97 Å². The van der Waals surface area contributed by atoms with Crippen molar-refractivity contribution in [3.05, 3.63) is 77.7 Å². The molecule has 1 N–H and O–H groups in total. The van der Waals surface area contributed by atoms with Crippen LogP contribution in [0.15, 0.2) is 67.1 Å². The molecule has 0 spiro atoms. The van der Waals surface area contributed by atoms with Crippen LogP contribution in [0.2, 0.25) is 5.02 Å². The van der Waals surface area contributed by atoms with E-state index in [2.05, 4.69) is 15.3 Å². The molecule has 0 radical (unpaired) electrons. The second-order valence-corrected chi connectivity index (χ2v) is 5.05. The first-order valence-electron chi connectivity index (χ1n) is 6.66. The monoisotopic (exact) mass is 309 g/mol. The van der Waals surface area contributed by atoms with E-state index in [1.807, 2.05) is 30.3 Å². The molecule has 22 heavy (non-hydrogen) atoms. The van der Waals surface area contributed by atoms with Crippen molar-refractivity contribution >= 4 is 23.2 Å². The Morgan fingerprint density at radius 2 is 1.86 bits per heavy atom. The number of anilines is 1. The van der Waals surface area contributed by atoms with E-state index in [0.717, 1.165) is 5.56 Å². The van der Waals surface area contributed by atoms with Crippen LogP contribution >= 0.6 is 11.6 Å². The maximum Gasteiger partial charge on any atom is 0.259 e.